The van der Waals surface area contributed by atoms with Crippen molar-refractivity contribution in [3.8, 4) is 0 Å². The number of aromatic nitrogens is 1. The van der Waals surface area contributed by atoms with E-state index in [0.717, 1.165) is 0 Å². The van der Waals surface area contributed by atoms with Crippen LogP contribution >= 0.6 is 0 Å². The van der Waals surface area contributed by atoms with Crippen LogP contribution in [-0.2, 0) is 16.1 Å². The molecule has 1 aliphatic rings. The number of β-amino-alcohol motifs (C(OH)–C–C–N with tert-alkyl or cyclic N) is 1. The number of ether oxygens (including phenoxy) is 1. The Labute approximate surface area is 116 Å². The van der Waals surface area contributed by atoms with Gasteiger partial charge < -0.3 is 24.4 Å². The molecule has 0 bridgehead atoms. The highest BCUT2D eigenvalue weighted by Crippen LogP contribution is 2.21. The molecule has 2 N–H and O–H groups in total. The molecule has 1 aromatic rings. The van der Waals surface area contributed by atoms with Gasteiger partial charge in [-0.1, -0.05) is 0 Å². The fraction of sp³-hybridized carbons (Fsp3) is 0.538. The minimum Gasteiger partial charge on any atom is -0.480 e. The third-order valence-electron chi connectivity index (χ3n) is 3.41. The number of amides is 1. The van der Waals surface area contributed by atoms with Crippen molar-refractivity contribution in [3.63, 3.8) is 0 Å². The lowest BCUT2D eigenvalue weighted by molar-refractivity contribution is -0.141. The summed E-state index contributed by atoms with van der Waals surface area (Å²) in [7, 11) is 1.57. The molecular weight excluding hydrogens is 264 g/mol. The lowest BCUT2D eigenvalue weighted by Crippen LogP contribution is -2.41. The third-order valence-corrected chi connectivity index (χ3v) is 3.41. The average molecular weight is 282 g/mol. The first kappa shape index (κ1) is 14.5. The number of carboxylic acids is 1. The van der Waals surface area contributed by atoms with Crippen molar-refractivity contribution in [2.75, 3.05) is 20.3 Å². The Morgan fingerprint density at radius 3 is 2.90 bits per heavy atom. The van der Waals surface area contributed by atoms with Crippen LogP contribution in [0.15, 0.2) is 18.3 Å². The van der Waals surface area contributed by atoms with E-state index in [1.165, 1.54) is 4.90 Å². The molecule has 20 heavy (non-hydrogen) atoms. The number of aliphatic hydroxyl groups is 1. The van der Waals surface area contributed by atoms with E-state index in [9.17, 15) is 14.7 Å². The predicted molar refractivity (Wildman–Crippen MR) is 69.4 cm³/mol. The quantitative estimate of drug-likeness (QED) is 0.780. The van der Waals surface area contributed by atoms with Crippen molar-refractivity contribution in [2.45, 2.75) is 25.1 Å². The molecule has 0 aromatic carbocycles. The van der Waals surface area contributed by atoms with E-state index < -0.39 is 18.1 Å². The van der Waals surface area contributed by atoms with Gasteiger partial charge in [-0.3, -0.25) is 4.79 Å². The van der Waals surface area contributed by atoms with Gasteiger partial charge >= 0.3 is 5.97 Å². The van der Waals surface area contributed by atoms with Gasteiger partial charge in [0.05, 0.1) is 12.7 Å². The smallest absolute Gasteiger partial charge is 0.326 e. The van der Waals surface area contributed by atoms with Crippen molar-refractivity contribution < 1.29 is 24.5 Å². The fourth-order valence-corrected chi connectivity index (χ4v) is 2.41. The Morgan fingerprint density at radius 2 is 2.25 bits per heavy atom. The molecule has 7 heteroatoms. The van der Waals surface area contributed by atoms with Crippen molar-refractivity contribution >= 4 is 11.9 Å². The Kier molecular flexibility index (Phi) is 4.41. The number of likely N-dealkylation sites (tertiary alicyclic amines) is 1. The van der Waals surface area contributed by atoms with Crippen molar-refractivity contribution in [1.82, 2.24) is 9.47 Å². The zero-order valence-electron chi connectivity index (χ0n) is 11.2. The maximum absolute atomic E-state index is 12.4. The van der Waals surface area contributed by atoms with Gasteiger partial charge in [-0.15, -0.1) is 0 Å². The number of carbonyl (C=O) groups is 2. The van der Waals surface area contributed by atoms with Gasteiger partial charge in [0.2, 0.25) is 0 Å². The Balaban J connectivity index is 2.18. The molecule has 7 nitrogen and oxygen atoms in total. The Hall–Kier alpha value is -1.86. The largest absolute Gasteiger partial charge is 0.480 e. The number of nitrogens with zero attached hydrogens (tertiary/aromatic N) is 2. The van der Waals surface area contributed by atoms with Crippen molar-refractivity contribution in [1.29, 1.82) is 0 Å². The summed E-state index contributed by atoms with van der Waals surface area (Å²) in [5, 5.41) is 18.7. The van der Waals surface area contributed by atoms with E-state index in [1.807, 2.05) is 0 Å². The van der Waals surface area contributed by atoms with Crippen LogP contribution in [0.1, 0.15) is 16.9 Å². The summed E-state index contributed by atoms with van der Waals surface area (Å²) >= 11 is 0. The maximum Gasteiger partial charge on any atom is 0.326 e. The molecule has 110 valence electrons. The van der Waals surface area contributed by atoms with Crippen LogP contribution in [0.25, 0.3) is 0 Å². The first-order valence-electron chi connectivity index (χ1n) is 6.40. The zero-order chi connectivity index (χ0) is 14.7. The normalized spacial score (nSPS) is 22.2. The molecule has 1 saturated heterocycles. The second kappa shape index (κ2) is 6.06. The van der Waals surface area contributed by atoms with Crippen LogP contribution in [0, 0.1) is 0 Å². The number of aliphatic carboxylic acids is 1. The second-order valence-corrected chi connectivity index (χ2v) is 4.78. The first-order chi connectivity index (χ1) is 9.54. The number of carboxylic acid groups (broad SMARTS) is 1. The molecule has 2 atom stereocenters. The van der Waals surface area contributed by atoms with Crippen LogP contribution in [0.4, 0.5) is 0 Å². The van der Waals surface area contributed by atoms with E-state index in [4.69, 9.17) is 9.84 Å². The van der Waals surface area contributed by atoms with E-state index in [0.29, 0.717) is 18.8 Å². The number of aliphatic hydroxyl groups excluding tert-OH is 1. The summed E-state index contributed by atoms with van der Waals surface area (Å²) in [5.41, 5.74) is 0.405. The molecule has 0 radical (unpaired) electrons. The van der Waals surface area contributed by atoms with Gasteiger partial charge in [-0.05, 0) is 12.1 Å². The highest BCUT2D eigenvalue weighted by Gasteiger charge is 2.39. The van der Waals surface area contributed by atoms with E-state index in [-0.39, 0.29) is 18.9 Å². The van der Waals surface area contributed by atoms with Crippen molar-refractivity contribution in [2.24, 2.45) is 0 Å². The number of methoxy groups -OCH3 is 1. The standard InChI is InChI=1S/C13H18N2O5/c1-20-6-5-14-4-2-3-10(14)12(17)15-8-9(16)7-11(15)13(18)19/h2-4,9,11,16H,5-8H2,1H3,(H,18,19)/t9-,11+/m1/s1. The summed E-state index contributed by atoms with van der Waals surface area (Å²) in [6.07, 6.45) is 1.02. The average Bonchev–Trinajstić information content (AvgIpc) is 3.01. The molecule has 0 aliphatic carbocycles. The first-order valence-corrected chi connectivity index (χ1v) is 6.40. The predicted octanol–water partition coefficient (Wildman–Crippen LogP) is -0.206. The molecule has 0 unspecified atom stereocenters. The minimum atomic E-state index is -1.09. The summed E-state index contributed by atoms with van der Waals surface area (Å²) in [6.45, 7) is 1.02. The van der Waals surface area contributed by atoms with Gasteiger partial charge in [0.25, 0.3) is 5.91 Å². The lowest BCUT2D eigenvalue weighted by Gasteiger charge is -2.21. The van der Waals surface area contributed by atoms with Gasteiger partial charge in [0, 0.05) is 32.8 Å². The number of hydrogen-bond donors (Lipinski definition) is 2. The summed E-state index contributed by atoms with van der Waals surface area (Å²) in [5.74, 6) is -1.47. The number of hydrogen-bond acceptors (Lipinski definition) is 4. The second-order valence-electron chi connectivity index (χ2n) is 4.78. The lowest BCUT2D eigenvalue weighted by atomic mass is 10.2. The minimum absolute atomic E-state index is 0.0469. The van der Waals surface area contributed by atoms with Crippen LogP contribution in [-0.4, -0.2) is 64.0 Å². The summed E-state index contributed by atoms with van der Waals surface area (Å²) < 4.78 is 6.69. The molecule has 0 saturated carbocycles. The summed E-state index contributed by atoms with van der Waals surface area (Å²) in [6, 6.07) is 2.40. The maximum atomic E-state index is 12.4. The summed E-state index contributed by atoms with van der Waals surface area (Å²) in [4.78, 5) is 24.8. The third kappa shape index (κ3) is 2.83. The fourth-order valence-electron chi connectivity index (χ4n) is 2.41. The molecule has 1 aromatic heterocycles. The number of carbonyl (C=O) groups excluding carboxylic acids is 1. The van der Waals surface area contributed by atoms with E-state index >= 15 is 0 Å². The SMILES string of the molecule is COCCn1cccc1C(=O)N1C[C@H](O)C[C@H]1C(=O)O. The Bertz CT molecular complexity index is 499. The van der Waals surface area contributed by atoms with Crippen LogP contribution in [0.2, 0.25) is 0 Å². The van der Waals surface area contributed by atoms with Crippen LogP contribution in [0.3, 0.4) is 0 Å². The molecule has 1 aliphatic heterocycles. The van der Waals surface area contributed by atoms with Gasteiger partial charge in [-0.25, -0.2) is 4.79 Å². The van der Waals surface area contributed by atoms with Gasteiger partial charge in [0.1, 0.15) is 11.7 Å². The molecule has 2 heterocycles. The highest BCUT2D eigenvalue weighted by atomic mass is 16.5. The topological polar surface area (TPSA) is 92.0 Å². The van der Waals surface area contributed by atoms with Crippen molar-refractivity contribution in [3.05, 3.63) is 24.0 Å². The van der Waals surface area contributed by atoms with Crippen LogP contribution in [0.5, 0.6) is 0 Å². The van der Waals surface area contributed by atoms with E-state index in [1.54, 1.807) is 30.0 Å². The molecule has 1 fully saturated rings. The Morgan fingerprint density at radius 1 is 1.50 bits per heavy atom. The number of rotatable bonds is 5. The van der Waals surface area contributed by atoms with Gasteiger partial charge in [0.15, 0.2) is 0 Å². The zero-order valence-corrected chi connectivity index (χ0v) is 11.2. The molecule has 0 spiro atoms. The van der Waals surface area contributed by atoms with E-state index in [2.05, 4.69) is 0 Å². The molecule has 2 rings (SSSR count). The molecule has 1 amide bonds. The monoisotopic (exact) mass is 282 g/mol. The molecular formula is C13H18N2O5. The highest BCUT2D eigenvalue weighted by molar-refractivity contribution is 5.95. The van der Waals surface area contributed by atoms with Crippen LogP contribution < -0.4 is 0 Å². The van der Waals surface area contributed by atoms with Gasteiger partial charge in [-0.2, -0.15) is 0 Å².